The summed E-state index contributed by atoms with van der Waals surface area (Å²) in [7, 11) is 0. The molecule has 1 aromatic carbocycles. The number of rotatable bonds is 5. The number of carbonyl (C=O) groups excluding carboxylic acids is 2. The molecule has 15 heteroatoms. The maximum atomic E-state index is 12.9. The van der Waals surface area contributed by atoms with E-state index < -0.39 is 28.4 Å². The molecule has 0 bridgehead atoms. The quantitative estimate of drug-likeness (QED) is 0.410. The lowest BCUT2D eigenvalue weighted by atomic mass is 9.91. The summed E-state index contributed by atoms with van der Waals surface area (Å²) >= 11 is 0. The van der Waals surface area contributed by atoms with Crippen molar-refractivity contribution in [2.45, 2.75) is 37.8 Å². The zero-order chi connectivity index (χ0) is 27.8. The molecule has 1 spiro atoms. The molecular formula is C24H27F3N6O6. The van der Waals surface area contributed by atoms with Crippen molar-refractivity contribution in [1.82, 2.24) is 24.3 Å². The van der Waals surface area contributed by atoms with Crippen molar-refractivity contribution in [2.75, 3.05) is 45.8 Å². The van der Waals surface area contributed by atoms with E-state index in [1.54, 1.807) is 9.47 Å². The van der Waals surface area contributed by atoms with E-state index in [1.165, 1.54) is 23.2 Å². The topological polar surface area (TPSA) is 123 Å². The number of nitrogens with zero attached hydrogens (tertiary/aromatic N) is 6. The number of fused-ring (bicyclic) bond motifs is 1. The van der Waals surface area contributed by atoms with E-state index in [9.17, 15) is 32.9 Å². The fraction of sp³-hybridized carbons (Fsp3) is 0.542. The number of amides is 2. The second kappa shape index (κ2) is 10.4. The molecule has 0 saturated carbocycles. The molecule has 3 aliphatic heterocycles. The molecule has 39 heavy (non-hydrogen) atoms. The molecule has 0 atom stereocenters. The molecule has 2 saturated heterocycles. The van der Waals surface area contributed by atoms with E-state index in [1.807, 2.05) is 4.90 Å². The Morgan fingerprint density at radius 2 is 1.69 bits per heavy atom. The maximum Gasteiger partial charge on any atom is 0.416 e. The standard InChI is InChI=1S/C24H27F3N6O6/c25-24(26,27)18-3-1-17(2-4-18)15-38-22(35)31-11-9-30(10-12-31)20(34)14-29-7-5-23(6-8-29)16-32-13-19(33(36)37)28-21(32)39-23/h1-4,13H,5-12,14-16H2. The van der Waals surface area contributed by atoms with Gasteiger partial charge in [-0.25, -0.2) is 4.79 Å². The number of ether oxygens (including phenoxy) is 2. The highest BCUT2D eigenvalue weighted by molar-refractivity contribution is 5.78. The van der Waals surface area contributed by atoms with Gasteiger partial charge in [0.05, 0.1) is 18.7 Å². The molecular weight excluding hydrogens is 525 g/mol. The van der Waals surface area contributed by atoms with Gasteiger partial charge in [-0.1, -0.05) is 12.1 Å². The highest BCUT2D eigenvalue weighted by atomic mass is 19.4. The third kappa shape index (κ3) is 5.92. The lowest BCUT2D eigenvalue weighted by molar-refractivity contribution is -0.389. The van der Waals surface area contributed by atoms with Gasteiger partial charge in [-0.05, 0) is 22.6 Å². The average Bonchev–Trinajstić information content (AvgIpc) is 3.45. The SMILES string of the molecule is O=C(CN1CCC2(CC1)Cn1cc([N+](=O)[O-])nc1O2)N1CCN(C(=O)OCc2ccc(C(F)(F)F)cc2)CC1. The number of imidazole rings is 1. The van der Waals surface area contributed by atoms with Crippen molar-refractivity contribution < 1.29 is 37.2 Å². The summed E-state index contributed by atoms with van der Waals surface area (Å²) in [6.45, 7) is 3.16. The molecule has 4 heterocycles. The van der Waals surface area contributed by atoms with Gasteiger partial charge in [-0.3, -0.25) is 14.3 Å². The summed E-state index contributed by atoms with van der Waals surface area (Å²) in [6.07, 6.45) is -2.30. The molecule has 0 N–H and O–H groups in total. The minimum absolute atomic E-state index is 0.0420. The molecule has 1 aromatic heterocycles. The smallest absolute Gasteiger partial charge is 0.416 e. The van der Waals surface area contributed by atoms with Gasteiger partial charge in [0, 0.05) is 57.1 Å². The third-order valence-electron chi connectivity index (χ3n) is 7.34. The van der Waals surface area contributed by atoms with Crippen LogP contribution in [0.4, 0.5) is 23.8 Å². The van der Waals surface area contributed by atoms with Crippen LogP contribution in [0.1, 0.15) is 24.0 Å². The van der Waals surface area contributed by atoms with E-state index in [4.69, 9.17) is 9.47 Å². The number of hydrogen-bond acceptors (Lipinski definition) is 8. The van der Waals surface area contributed by atoms with Crippen molar-refractivity contribution in [3.05, 3.63) is 51.7 Å². The summed E-state index contributed by atoms with van der Waals surface area (Å²) in [5.41, 5.74) is -0.790. The summed E-state index contributed by atoms with van der Waals surface area (Å²) in [5.74, 6) is -0.282. The van der Waals surface area contributed by atoms with Crippen molar-refractivity contribution in [3.63, 3.8) is 0 Å². The van der Waals surface area contributed by atoms with Crippen molar-refractivity contribution >= 4 is 17.8 Å². The van der Waals surface area contributed by atoms with E-state index in [0.29, 0.717) is 64.2 Å². The first-order valence-electron chi connectivity index (χ1n) is 12.5. The Morgan fingerprint density at radius 1 is 1.05 bits per heavy atom. The van der Waals surface area contributed by atoms with E-state index in [2.05, 4.69) is 4.98 Å². The highest BCUT2D eigenvalue weighted by Gasteiger charge is 2.46. The Hall–Kier alpha value is -3.88. The number of halogens is 3. The molecule has 0 unspecified atom stereocenters. The number of benzene rings is 1. The Kier molecular flexibility index (Phi) is 7.09. The molecule has 5 rings (SSSR count). The van der Waals surface area contributed by atoms with Crippen LogP contribution >= 0.6 is 0 Å². The van der Waals surface area contributed by atoms with Crippen LogP contribution in [-0.4, -0.2) is 92.6 Å². The van der Waals surface area contributed by atoms with Crippen molar-refractivity contribution in [1.29, 1.82) is 0 Å². The van der Waals surface area contributed by atoms with Gasteiger partial charge >= 0.3 is 24.1 Å². The average molecular weight is 553 g/mol. The van der Waals surface area contributed by atoms with Crippen LogP contribution < -0.4 is 4.74 Å². The maximum absolute atomic E-state index is 12.9. The van der Waals surface area contributed by atoms with Crippen LogP contribution in [0.25, 0.3) is 0 Å². The zero-order valence-corrected chi connectivity index (χ0v) is 20.9. The first-order valence-corrected chi connectivity index (χ1v) is 12.5. The van der Waals surface area contributed by atoms with Crippen molar-refractivity contribution in [2.24, 2.45) is 0 Å². The van der Waals surface area contributed by atoms with Gasteiger partial charge < -0.3 is 29.4 Å². The predicted octanol–water partition coefficient (Wildman–Crippen LogP) is 2.52. The number of likely N-dealkylation sites (tertiary alicyclic amines) is 1. The number of nitro groups is 1. The minimum atomic E-state index is -4.43. The van der Waals surface area contributed by atoms with Gasteiger partial charge in [-0.15, -0.1) is 0 Å². The zero-order valence-electron chi connectivity index (χ0n) is 20.9. The molecule has 2 fully saturated rings. The van der Waals surface area contributed by atoms with Crippen LogP contribution in [0.2, 0.25) is 0 Å². The van der Waals surface area contributed by atoms with Crippen LogP contribution in [0.5, 0.6) is 6.01 Å². The Balaban J connectivity index is 1.02. The van der Waals surface area contributed by atoms with Crippen LogP contribution in [0.3, 0.4) is 0 Å². The molecule has 12 nitrogen and oxygen atoms in total. The number of piperazine rings is 1. The Labute approximate surface area is 221 Å². The van der Waals surface area contributed by atoms with Crippen LogP contribution in [-0.2, 0) is 28.9 Å². The number of aromatic nitrogens is 2. The number of carbonyl (C=O) groups is 2. The Bertz CT molecular complexity index is 1210. The summed E-state index contributed by atoms with van der Waals surface area (Å²) in [5, 5.41) is 10.9. The van der Waals surface area contributed by atoms with Crippen LogP contribution in [0, 0.1) is 10.1 Å². The lowest BCUT2D eigenvalue weighted by Crippen LogP contribution is -2.54. The number of hydrogen-bond donors (Lipinski definition) is 0. The first kappa shape index (κ1) is 26.7. The first-order chi connectivity index (χ1) is 18.5. The van der Waals surface area contributed by atoms with Gasteiger partial charge in [0.25, 0.3) is 0 Å². The summed E-state index contributed by atoms with van der Waals surface area (Å²) in [4.78, 5) is 44.7. The number of alkyl halides is 3. The molecule has 2 aromatic rings. The fourth-order valence-corrected chi connectivity index (χ4v) is 5.04. The number of piperidine rings is 1. The lowest BCUT2D eigenvalue weighted by Gasteiger charge is -2.39. The van der Waals surface area contributed by atoms with Gasteiger partial charge in [0.1, 0.15) is 18.4 Å². The van der Waals surface area contributed by atoms with Crippen LogP contribution in [0.15, 0.2) is 30.5 Å². The Morgan fingerprint density at radius 3 is 2.28 bits per heavy atom. The van der Waals surface area contributed by atoms with Gasteiger partial charge in [0.2, 0.25) is 5.91 Å². The second-order valence-electron chi connectivity index (χ2n) is 9.95. The molecule has 3 aliphatic rings. The predicted molar refractivity (Wildman–Crippen MR) is 128 cm³/mol. The molecule has 2 amide bonds. The third-order valence-corrected chi connectivity index (χ3v) is 7.34. The minimum Gasteiger partial charge on any atom is -0.445 e. The molecule has 0 aliphatic carbocycles. The normalized spacial score (nSPS) is 19.1. The highest BCUT2D eigenvalue weighted by Crippen LogP contribution is 2.37. The van der Waals surface area contributed by atoms with E-state index >= 15 is 0 Å². The monoisotopic (exact) mass is 552 g/mol. The van der Waals surface area contributed by atoms with Gasteiger partial charge in [-0.2, -0.15) is 13.2 Å². The van der Waals surface area contributed by atoms with E-state index in [-0.39, 0.29) is 30.9 Å². The molecule has 210 valence electrons. The second-order valence-corrected chi connectivity index (χ2v) is 9.95. The van der Waals surface area contributed by atoms with E-state index in [0.717, 1.165) is 12.1 Å². The molecule has 0 radical (unpaired) electrons. The van der Waals surface area contributed by atoms with Crippen molar-refractivity contribution in [3.8, 4) is 6.01 Å². The summed E-state index contributed by atoms with van der Waals surface area (Å²) in [6, 6.07) is 4.68. The summed E-state index contributed by atoms with van der Waals surface area (Å²) < 4.78 is 50.9. The largest absolute Gasteiger partial charge is 0.445 e. The van der Waals surface area contributed by atoms with Gasteiger partial charge in [0.15, 0.2) is 0 Å². The fourth-order valence-electron chi connectivity index (χ4n) is 5.04.